The van der Waals surface area contributed by atoms with E-state index >= 15 is 0 Å². The Morgan fingerprint density at radius 2 is 1.88 bits per heavy atom. The third-order valence-corrected chi connectivity index (χ3v) is 5.44. The maximum Gasteiger partial charge on any atom is 0.311 e. The first-order valence-electron chi connectivity index (χ1n) is 8.48. The Labute approximate surface area is 147 Å². The fourth-order valence-corrected chi connectivity index (χ4v) is 3.92. The highest BCUT2D eigenvalue weighted by Gasteiger charge is 2.39. The van der Waals surface area contributed by atoms with Crippen molar-refractivity contribution in [2.24, 2.45) is 5.41 Å². The second kappa shape index (κ2) is 6.63. The Morgan fingerprint density at radius 1 is 1.17 bits per heavy atom. The summed E-state index contributed by atoms with van der Waals surface area (Å²) in [4.78, 5) is 28.1. The molecule has 1 amide bonds. The molecule has 0 aliphatic carbocycles. The highest BCUT2D eigenvalue weighted by molar-refractivity contribution is 6.33. The van der Waals surface area contributed by atoms with Gasteiger partial charge in [0.25, 0.3) is 5.91 Å². The number of carbonyl (C=O) groups excluding carboxylic acids is 1. The Bertz CT molecular complexity index is 658. The lowest BCUT2D eigenvalue weighted by molar-refractivity contribution is -0.150. The van der Waals surface area contributed by atoms with E-state index in [-0.39, 0.29) is 12.5 Å². The van der Waals surface area contributed by atoms with E-state index in [0.29, 0.717) is 30.0 Å². The lowest BCUT2D eigenvalue weighted by Crippen LogP contribution is -2.48. The van der Waals surface area contributed by atoms with Gasteiger partial charge < -0.3 is 14.9 Å². The average molecular weight is 351 g/mol. The van der Waals surface area contributed by atoms with Gasteiger partial charge in [0.05, 0.1) is 16.1 Å². The van der Waals surface area contributed by atoms with Crippen LogP contribution in [0, 0.1) is 5.41 Å². The smallest absolute Gasteiger partial charge is 0.311 e. The molecule has 1 aromatic carbocycles. The largest absolute Gasteiger partial charge is 0.481 e. The van der Waals surface area contributed by atoms with Crippen LogP contribution in [0.15, 0.2) is 18.2 Å². The van der Waals surface area contributed by atoms with Crippen LogP contribution in [0.25, 0.3) is 0 Å². The van der Waals surface area contributed by atoms with E-state index in [1.165, 1.54) is 12.8 Å². The van der Waals surface area contributed by atoms with Crippen LogP contribution in [0.1, 0.15) is 43.0 Å². The molecular weight excluding hydrogens is 328 g/mol. The van der Waals surface area contributed by atoms with Gasteiger partial charge in [-0.1, -0.05) is 11.6 Å². The van der Waals surface area contributed by atoms with E-state index < -0.39 is 11.4 Å². The van der Waals surface area contributed by atoms with Gasteiger partial charge in [0.1, 0.15) is 0 Å². The van der Waals surface area contributed by atoms with E-state index in [4.69, 9.17) is 11.6 Å². The van der Waals surface area contributed by atoms with Crippen molar-refractivity contribution in [2.75, 3.05) is 31.1 Å². The number of anilines is 1. The zero-order valence-electron chi connectivity index (χ0n) is 13.9. The summed E-state index contributed by atoms with van der Waals surface area (Å²) in [6, 6.07) is 5.42. The standard InChI is InChI=1S/C18H23ClN2O3/c1-18(17(23)24)7-4-10-21(12-18)16(22)13-5-6-15(14(19)11-13)20-8-2-3-9-20/h5-6,11H,2-4,7-10,12H2,1H3,(H,23,24). The molecule has 2 heterocycles. The van der Waals surface area contributed by atoms with Crippen LogP contribution in [-0.4, -0.2) is 48.1 Å². The zero-order chi connectivity index (χ0) is 17.3. The van der Waals surface area contributed by atoms with Gasteiger partial charge in [-0.15, -0.1) is 0 Å². The minimum atomic E-state index is -0.868. The second-order valence-electron chi connectivity index (χ2n) is 7.06. The minimum Gasteiger partial charge on any atom is -0.481 e. The number of halogens is 1. The number of amides is 1. The molecule has 0 bridgehead atoms. The molecule has 6 heteroatoms. The first-order valence-corrected chi connectivity index (χ1v) is 8.86. The maximum absolute atomic E-state index is 12.8. The van der Waals surface area contributed by atoms with Gasteiger partial charge in [-0.2, -0.15) is 0 Å². The Kier molecular flexibility index (Phi) is 4.72. The van der Waals surface area contributed by atoms with Crippen molar-refractivity contribution in [3.8, 4) is 0 Å². The van der Waals surface area contributed by atoms with Crippen molar-refractivity contribution in [1.82, 2.24) is 4.90 Å². The molecule has 0 saturated carbocycles. The summed E-state index contributed by atoms with van der Waals surface area (Å²) >= 11 is 6.39. The fraction of sp³-hybridized carbons (Fsp3) is 0.556. The Balaban J connectivity index is 1.77. The maximum atomic E-state index is 12.8. The molecule has 130 valence electrons. The number of hydrogen-bond acceptors (Lipinski definition) is 3. The van der Waals surface area contributed by atoms with Gasteiger partial charge >= 0.3 is 5.97 Å². The highest BCUT2D eigenvalue weighted by Crippen LogP contribution is 2.33. The molecule has 1 unspecified atom stereocenters. The molecule has 2 fully saturated rings. The van der Waals surface area contributed by atoms with Crippen molar-refractivity contribution >= 4 is 29.2 Å². The van der Waals surface area contributed by atoms with Crippen LogP contribution in [0.5, 0.6) is 0 Å². The van der Waals surface area contributed by atoms with E-state index in [9.17, 15) is 14.7 Å². The van der Waals surface area contributed by atoms with Crippen molar-refractivity contribution in [3.63, 3.8) is 0 Å². The number of nitrogens with zero attached hydrogens (tertiary/aromatic N) is 2. The molecule has 0 spiro atoms. The molecule has 1 N–H and O–H groups in total. The van der Waals surface area contributed by atoms with Gasteiger partial charge in [0.2, 0.25) is 0 Å². The first-order chi connectivity index (χ1) is 11.4. The Hall–Kier alpha value is -1.75. The van der Waals surface area contributed by atoms with Crippen LogP contribution in [0.4, 0.5) is 5.69 Å². The lowest BCUT2D eigenvalue weighted by atomic mass is 9.82. The monoisotopic (exact) mass is 350 g/mol. The summed E-state index contributed by atoms with van der Waals surface area (Å²) in [7, 11) is 0. The molecule has 0 radical (unpaired) electrons. The van der Waals surface area contributed by atoms with Crippen molar-refractivity contribution in [3.05, 3.63) is 28.8 Å². The number of likely N-dealkylation sites (tertiary alicyclic amines) is 1. The summed E-state index contributed by atoms with van der Waals surface area (Å²) in [5, 5.41) is 9.99. The molecule has 5 nitrogen and oxygen atoms in total. The molecule has 0 aromatic heterocycles. The molecule has 24 heavy (non-hydrogen) atoms. The van der Waals surface area contributed by atoms with Gasteiger partial charge in [-0.05, 0) is 50.8 Å². The highest BCUT2D eigenvalue weighted by atomic mass is 35.5. The first kappa shape index (κ1) is 17.1. The SMILES string of the molecule is CC1(C(=O)O)CCCN(C(=O)c2ccc(N3CCCC3)c(Cl)c2)C1. The summed E-state index contributed by atoms with van der Waals surface area (Å²) in [6.45, 7) is 4.53. The van der Waals surface area contributed by atoms with Gasteiger partial charge in [0, 0.05) is 31.7 Å². The number of carboxylic acids is 1. The molecule has 2 saturated heterocycles. The van der Waals surface area contributed by atoms with E-state index in [2.05, 4.69) is 4.90 Å². The van der Waals surface area contributed by atoms with Crippen molar-refractivity contribution < 1.29 is 14.7 Å². The third-order valence-electron chi connectivity index (χ3n) is 5.14. The topological polar surface area (TPSA) is 60.9 Å². The zero-order valence-corrected chi connectivity index (χ0v) is 14.7. The molecule has 2 aliphatic heterocycles. The van der Waals surface area contributed by atoms with Gasteiger partial charge in [0.15, 0.2) is 0 Å². The number of hydrogen-bond donors (Lipinski definition) is 1. The number of aliphatic carboxylic acids is 1. The van der Waals surface area contributed by atoms with Crippen LogP contribution in [0.2, 0.25) is 5.02 Å². The van der Waals surface area contributed by atoms with Gasteiger partial charge in [-0.3, -0.25) is 9.59 Å². The number of carbonyl (C=O) groups is 2. The summed E-state index contributed by atoms with van der Waals surface area (Å²) in [5.74, 6) is -0.987. The quantitative estimate of drug-likeness (QED) is 0.908. The van der Waals surface area contributed by atoms with Crippen LogP contribution in [0.3, 0.4) is 0 Å². The molecule has 1 aromatic rings. The average Bonchev–Trinajstić information content (AvgIpc) is 3.08. The van der Waals surface area contributed by atoms with Crippen LogP contribution >= 0.6 is 11.6 Å². The fourth-order valence-electron chi connectivity index (χ4n) is 3.62. The van der Waals surface area contributed by atoms with Crippen LogP contribution in [-0.2, 0) is 4.79 Å². The van der Waals surface area contributed by atoms with E-state index in [1.54, 1.807) is 24.0 Å². The normalized spacial score (nSPS) is 24.2. The summed E-state index contributed by atoms with van der Waals surface area (Å²) < 4.78 is 0. The molecule has 2 aliphatic rings. The molecular formula is C18H23ClN2O3. The third kappa shape index (κ3) is 3.22. The van der Waals surface area contributed by atoms with Crippen molar-refractivity contribution in [2.45, 2.75) is 32.6 Å². The molecule has 1 atom stereocenters. The predicted octanol–water partition coefficient (Wildman–Crippen LogP) is 3.27. The Morgan fingerprint density at radius 3 is 2.50 bits per heavy atom. The predicted molar refractivity (Wildman–Crippen MR) is 93.8 cm³/mol. The second-order valence-corrected chi connectivity index (χ2v) is 7.46. The number of benzene rings is 1. The number of piperidine rings is 1. The lowest BCUT2D eigenvalue weighted by Gasteiger charge is -2.37. The summed E-state index contributed by atoms with van der Waals surface area (Å²) in [6.07, 6.45) is 3.63. The van der Waals surface area contributed by atoms with Crippen LogP contribution < -0.4 is 4.90 Å². The van der Waals surface area contributed by atoms with E-state index in [0.717, 1.165) is 18.8 Å². The van der Waals surface area contributed by atoms with E-state index in [1.807, 2.05) is 6.07 Å². The summed E-state index contributed by atoms with van der Waals surface area (Å²) in [5.41, 5.74) is 0.630. The number of carboxylic acid groups (broad SMARTS) is 1. The minimum absolute atomic E-state index is 0.142. The van der Waals surface area contributed by atoms with Crippen molar-refractivity contribution in [1.29, 1.82) is 0 Å². The molecule has 3 rings (SSSR count). The van der Waals surface area contributed by atoms with Gasteiger partial charge in [-0.25, -0.2) is 0 Å². The number of rotatable bonds is 3.